The molecule has 0 bridgehead atoms. The molecule has 104 valence electrons. The Labute approximate surface area is 116 Å². The van der Waals surface area contributed by atoms with Crippen molar-refractivity contribution in [3.8, 4) is 0 Å². The largest absolute Gasteiger partial charge is 0.369 e. The van der Waals surface area contributed by atoms with Crippen LogP contribution in [0.5, 0.6) is 0 Å². The Morgan fingerprint density at radius 2 is 2.00 bits per heavy atom. The van der Waals surface area contributed by atoms with Gasteiger partial charge in [-0.15, -0.1) is 0 Å². The normalized spacial score (nSPS) is 22.6. The standard InChI is InChI=1S/C14H17N5O/c15-13(20)9-3-1-2-4-10(9)18-12-6-5-11-14(19-12)17-8-7-16-11/h5-10H,1-4H2,(H2,15,20)(H,17,18,19)/t9-,10-/m1/s1. The van der Waals surface area contributed by atoms with Crippen molar-refractivity contribution in [1.29, 1.82) is 0 Å². The molecule has 2 atom stereocenters. The van der Waals surface area contributed by atoms with E-state index in [2.05, 4.69) is 20.3 Å². The first-order valence-electron chi connectivity index (χ1n) is 6.87. The minimum atomic E-state index is -0.234. The molecule has 3 rings (SSSR count). The number of hydrogen-bond donors (Lipinski definition) is 2. The Hall–Kier alpha value is -2.24. The van der Waals surface area contributed by atoms with Gasteiger partial charge in [-0.1, -0.05) is 12.8 Å². The molecule has 1 fully saturated rings. The second kappa shape index (κ2) is 5.40. The number of primary amides is 1. The molecule has 2 heterocycles. The number of amides is 1. The number of aromatic nitrogens is 3. The van der Waals surface area contributed by atoms with Crippen LogP contribution in [0.1, 0.15) is 25.7 Å². The number of rotatable bonds is 3. The molecule has 0 aromatic carbocycles. The predicted octanol–water partition coefficient (Wildman–Crippen LogP) is 1.48. The summed E-state index contributed by atoms with van der Waals surface area (Å²) in [6.07, 6.45) is 7.21. The van der Waals surface area contributed by atoms with Crippen LogP contribution in [0.2, 0.25) is 0 Å². The number of nitrogens with one attached hydrogen (secondary N) is 1. The van der Waals surface area contributed by atoms with E-state index < -0.39 is 0 Å². The Morgan fingerprint density at radius 1 is 1.20 bits per heavy atom. The van der Waals surface area contributed by atoms with Gasteiger partial charge in [0, 0.05) is 18.4 Å². The van der Waals surface area contributed by atoms with Crippen molar-refractivity contribution in [2.75, 3.05) is 5.32 Å². The maximum Gasteiger partial charge on any atom is 0.222 e. The van der Waals surface area contributed by atoms with E-state index in [0.717, 1.165) is 37.0 Å². The van der Waals surface area contributed by atoms with Gasteiger partial charge in [-0.25, -0.2) is 9.97 Å². The zero-order chi connectivity index (χ0) is 13.9. The summed E-state index contributed by atoms with van der Waals surface area (Å²) in [4.78, 5) is 24.3. The lowest BCUT2D eigenvalue weighted by molar-refractivity contribution is -0.122. The number of anilines is 1. The van der Waals surface area contributed by atoms with E-state index in [1.807, 2.05) is 12.1 Å². The highest BCUT2D eigenvalue weighted by Crippen LogP contribution is 2.26. The number of fused-ring (bicyclic) bond motifs is 1. The molecule has 1 aliphatic rings. The van der Waals surface area contributed by atoms with Crippen molar-refractivity contribution in [2.45, 2.75) is 31.7 Å². The quantitative estimate of drug-likeness (QED) is 0.881. The third-order valence-electron chi connectivity index (χ3n) is 3.80. The number of hydrogen-bond acceptors (Lipinski definition) is 5. The zero-order valence-electron chi connectivity index (χ0n) is 11.1. The first-order chi connectivity index (χ1) is 9.74. The molecular weight excluding hydrogens is 254 g/mol. The highest BCUT2D eigenvalue weighted by Gasteiger charge is 2.29. The third kappa shape index (κ3) is 2.54. The van der Waals surface area contributed by atoms with E-state index >= 15 is 0 Å². The van der Waals surface area contributed by atoms with Crippen molar-refractivity contribution in [3.05, 3.63) is 24.5 Å². The minimum Gasteiger partial charge on any atom is -0.369 e. The summed E-state index contributed by atoms with van der Waals surface area (Å²) in [7, 11) is 0. The summed E-state index contributed by atoms with van der Waals surface area (Å²) in [6.45, 7) is 0. The zero-order valence-corrected chi connectivity index (χ0v) is 11.1. The smallest absolute Gasteiger partial charge is 0.222 e. The van der Waals surface area contributed by atoms with Crippen LogP contribution in [0, 0.1) is 5.92 Å². The molecule has 1 aliphatic carbocycles. The summed E-state index contributed by atoms with van der Waals surface area (Å²) in [5.74, 6) is 0.363. The highest BCUT2D eigenvalue weighted by molar-refractivity contribution is 5.78. The van der Waals surface area contributed by atoms with Crippen molar-refractivity contribution < 1.29 is 4.79 Å². The molecule has 2 aromatic heterocycles. The summed E-state index contributed by atoms with van der Waals surface area (Å²) in [6, 6.07) is 3.80. The van der Waals surface area contributed by atoms with Crippen LogP contribution in [0.15, 0.2) is 24.5 Å². The number of nitrogens with two attached hydrogens (primary N) is 1. The molecule has 6 heteroatoms. The molecule has 2 aromatic rings. The highest BCUT2D eigenvalue weighted by atomic mass is 16.1. The molecule has 6 nitrogen and oxygen atoms in total. The predicted molar refractivity (Wildman–Crippen MR) is 75.9 cm³/mol. The molecule has 1 saturated carbocycles. The topological polar surface area (TPSA) is 93.8 Å². The lowest BCUT2D eigenvalue weighted by atomic mass is 9.84. The van der Waals surface area contributed by atoms with Crippen molar-refractivity contribution >= 4 is 22.9 Å². The van der Waals surface area contributed by atoms with E-state index in [-0.39, 0.29) is 17.9 Å². The van der Waals surface area contributed by atoms with Crippen LogP contribution in [0.25, 0.3) is 11.2 Å². The van der Waals surface area contributed by atoms with Crippen molar-refractivity contribution in [2.24, 2.45) is 11.7 Å². The van der Waals surface area contributed by atoms with Crippen molar-refractivity contribution in [3.63, 3.8) is 0 Å². The molecular formula is C14H17N5O. The van der Waals surface area contributed by atoms with Crippen LogP contribution in [0.4, 0.5) is 5.82 Å². The second-order valence-corrected chi connectivity index (χ2v) is 5.14. The summed E-state index contributed by atoms with van der Waals surface area (Å²) >= 11 is 0. The maximum absolute atomic E-state index is 11.5. The van der Waals surface area contributed by atoms with Crippen LogP contribution < -0.4 is 11.1 Å². The maximum atomic E-state index is 11.5. The fraction of sp³-hybridized carbons (Fsp3) is 0.429. The van der Waals surface area contributed by atoms with E-state index in [1.54, 1.807) is 12.4 Å². The van der Waals surface area contributed by atoms with E-state index in [4.69, 9.17) is 5.73 Å². The molecule has 0 aliphatic heterocycles. The van der Waals surface area contributed by atoms with Gasteiger partial charge in [0.1, 0.15) is 11.3 Å². The van der Waals surface area contributed by atoms with Gasteiger partial charge >= 0.3 is 0 Å². The minimum absolute atomic E-state index is 0.0582. The number of pyridine rings is 1. The SMILES string of the molecule is NC(=O)[C@@H]1CCCC[C@H]1Nc1ccc2nccnc2n1. The summed E-state index contributed by atoms with van der Waals surface area (Å²) < 4.78 is 0. The fourth-order valence-electron chi connectivity index (χ4n) is 2.77. The lowest BCUT2D eigenvalue weighted by Gasteiger charge is -2.30. The van der Waals surface area contributed by atoms with Crippen LogP contribution >= 0.6 is 0 Å². The lowest BCUT2D eigenvalue weighted by Crippen LogP contribution is -2.40. The molecule has 0 saturated heterocycles. The molecule has 3 N–H and O–H groups in total. The first-order valence-corrected chi connectivity index (χ1v) is 6.87. The molecule has 0 radical (unpaired) electrons. The Kier molecular flexibility index (Phi) is 3.45. The van der Waals surface area contributed by atoms with Gasteiger partial charge in [0.15, 0.2) is 5.65 Å². The number of nitrogens with zero attached hydrogens (tertiary/aromatic N) is 3. The van der Waals surface area contributed by atoms with Gasteiger partial charge < -0.3 is 11.1 Å². The Balaban J connectivity index is 1.82. The van der Waals surface area contributed by atoms with Gasteiger partial charge in [0.2, 0.25) is 5.91 Å². The second-order valence-electron chi connectivity index (χ2n) is 5.14. The Morgan fingerprint density at radius 3 is 2.85 bits per heavy atom. The molecule has 20 heavy (non-hydrogen) atoms. The first kappa shape index (κ1) is 12.8. The van der Waals surface area contributed by atoms with E-state index in [1.165, 1.54) is 0 Å². The number of carbonyl (C=O) groups is 1. The monoisotopic (exact) mass is 271 g/mol. The fourth-order valence-corrected chi connectivity index (χ4v) is 2.77. The summed E-state index contributed by atoms with van der Waals surface area (Å²) in [5.41, 5.74) is 6.84. The van der Waals surface area contributed by atoms with Crippen LogP contribution in [-0.2, 0) is 4.79 Å². The molecule has 0 unspecified atom stereocenters. The average Bonchev–Trinajstić information content (AvgIpc) is 2.47. The van der Waals surface area contributed by atoms with Crippen LogP contribution in [0.3, 0.4) is 0 Å². The van der Waals surface area contributed by atoms with Gasteiger partial charge in [0.05, 0.1) is 5.92 Å². The van der Waals surface area contributed by atoms with Crippen LogP contribution in [-0.4, -0.2) is 26.9 Å². The van der Waals surface area contributed by atoms with Gasteiger partial charge in [0.25, 0.3) is 0 Å². The van der Waals surface area contributed by atoms with E-state index in [9.17, 15) is 4.79 Å². The third-order valence-corrected chi connectivity index (χ3v) is 3.80. The molecule has 1 amide bonds. The van der Waals surface area contributed by atoms with Gasteiger partial charge in [-0.05, 0) is 25.0 Å². The Bertz CT molecular complexity index is 630. The summed E-state index contributed by atoms with van der Waals surface area (Å²) in [5, 5.41) is 3.32. The van der Waals surface area contributed by atoms with E-state index in [0.29, 0.717) is 5.65 Å². The molecule has 0 spiro atoms. The van der Waals surface area contributed by atoms with Gasteiger partial charge in [-0.3, -0.25) is 9.78 Å². The number of carbonyl (C=O) groups excluding carboxylic acids is 1. The average molecular weight is 271 g/mol. The van der Waals surface area contributed by atoms with Crippen molar-refractivity contribution in [1.82, 2.24) is 15.0 Å². The van der Waals surface area contributed by atoms with Gasteiger partial charge in [-0.2, -0.15) is 0 Å².